The predicted octanol–water partition coefficient (Wildman–Crippen LogP) is 4.09. The van der Waals surface area contributed by atoms with Crippen LogP contribution in [0.3, 0.4) is 0 Å². The van der Waals surface area contributed by atoms with Crippen LogP contribution in [0.2, 0.25) is 10.0 Å². The van der Waals surface area contributed by atoms with Gasteiger partial charge in [-0.2, -0.15) is 5.10 Å². The number of likely N-dealkylation sites (tertiary alicyclic amines) is 1. The monoisotopic (exact) mass is 505 g/mol. The number of aromatic nitrogens is 3. The molecule has 2 amide bonds. The van der Waals surface area contributed by atoms with Crippen LogP contribution in [0.25, 0.3) is 11.3 Å². The van der Waals surface area contributed by atoms with E-state index in [9.17, 15) is 14.0 Å². The Kier molecular flexibility index (Phi) is 7.33. The molecule has 8 nitrogen and oxygen atoms in total. The standard InChI is InChI=1S/C23H22Cl2FN5O3/c1-34-20-9-15(17(25)12-27-20)18-10-19(30-29-18)23(33)31-7-5-13(6-8-31)22(32)28-11-14-3-2-4-16(24)21(14)26/h2-4,9-10,12-13H,5-8,11H2,1H3,(H,28,32)(H,29,30). The SMILES string of the molecule is COc1cc(-c2cc(C(=O)N3CCC(C(=O)NCc4cccc(Cl)c4F)CC3)[nH]n2)c(Cl)cn1. The van der Waals surface area contributed by atoms with Crippen molar-refractivity contribution in [1.29, 1.82) is 0 Å². The van der Waals surface area contributed by atoms with E-state index in [0.717, 1.165) is 0 Å². The van der Waals surface area contributed by atoms with E-state index in [-0.39, 0.29) is 29.3 Å². The Balaban J connectivity index is 1.33. The van der Waals surface area contributed by atoms with Crippen molar-refractivity contribution >= 4 is 35.0 Å². The van der Waals surface area contributed by atoms with Crippen LogP contribution in [0.15, 0.2) is 36.5 Å². The van der Waals surface area contributed by atoms with E-state index in [1.54, 1.807) is 29.2 Å². The van der Waals surface area contributed by atoms with Crippen LogP contribution in [0.1, 0.15) is 28.9 Å². The lowest BCUT2D eigenvalue weighted by atomic mass is 9.95. The average Bonchev–Trinajstić information content (AvgIpc) is 3.35. The van der Waals surface area contributed by atoms with Gasteiger partial charge in [-0.15, -0.1) is 0 Å². The molecule has 0 radical (unpaired) electrons. The second kappa shape index (κ2) is 10.4. The molecule has 11 heteroatoms. The number of H-pyrrole nitrogens is 1. The van der Waals surface area contributed by atoms with Gasteiger partial charge in [0.25, 0.3) is 5.91 Å². The minimum atomic E-state index is -0.532. The minimum Gasteiger partial charge on any atom is -0.481 e. The van der Waals surface area contributed by atoms with Gasteiger partial charge in [-0.05, 0) is 25.0 Å². The van der Waals surface area contributed by atoms with Crippen molar-refractivity contribution in [3.63, 3.8) is 0 Å². The van der Waals surface area contributed by atoms with Gasteiger partial charge in [0.05, 0.1) is 29.0 Å². The maximum Gasteiger partial charge on any atom is 0.271 e. The molecule has 3 aromatic rings. The molecule has 0 saturated carbocycles. The van der Waals surface area contributed by atoms with E-state index in [4.69, 9.17) is 27.9 Å². The summed E-state index contributed by atoms with van der Waals surface area (Å²) in [4.78, 5) is 31.2. The lowest BCUT2D eigenvalue weighted by Gasteiger charge is -2.31. The number of ether oxygens (including phenoxy) is 1. The Hall–Kier alpha value is -3.17. The van der Waals surface area contributed by atoms with Gasteiger partial charge < -0.3 is 15.0 Å². The van der Waals surface area contributed by atoms with E-state index >= 15 is 0 Å². The second-order valence-electron chi connectivity index (χ2n) is 7.87. The number of methoxy groups -OCH3 is 1. The van der Waals surface area contributed by atoms with Crippen molar-refractivity contribution < 1.29 is 18.7 Å². The number of nitrogens with one attached hydrogen (secondary N) is 2. The van der Waals surface area contributed by atoms with Gasteiger partial charge in [-0.25, -0.2) is 9.37 Å². The highest BCUT2D eigenvalue weighted by Crippen LogP contribution is 2.29. The highest BCUT2D eigenvalue weighted by molar-refractivity contribution is 6.33. The molecule has 1 fully saturated rings. The maximum atomic E-state index is 14.0. The van der Waals surface area contributed by atoms with E-state index < -0.39 is 5.82 Å². The van der Waals surface area contributed by atoms with Crippen molar-refractivity contribution in [2.45, 2.75) is 19.4 Å². The average molecular weight is 506 g/mol. The molecule has 178 valence electrons. The van der Waals surface area contributed by atoms with E-state index in [1.807, 2.05) is 0 Å². The summed E-state index contributed by atoms with van der Waals surface area (Å²) in [5, 5.41) is 10.1. The molecule has 2 aromatic heterocycles. The summed E-state index contributed by atoms with van der Waals surface area (Å²) in [6, 6.07) is 7.95. The summed E-state index contributed by atoms with van der Waals surface area (Å²) in [6.45, 7) is 0.894. The van der Waals surface area contributed by atoms with Crippen molar-refractivity contribution in [3.05, 3.63) is 63.6 Å². The Morgan fingerprint density at radius 1 is 1.24 bits per heavy atom. The quantitative estimate of drug-likeness (QED) is 0.525. The van der Waals surface area contributed by atoms with E-state index in [2.05, 4.69) is 20.5 Å². The van der Waals surface area contributed by atoms with Crippen LogP contribution in [0, 0.1) is 11.7 Å². The number of amides is 2. The van der Waals surface area contributed by atoms with Crippen LogP contribution in [0.5, 0.6) is 5.88 Å². The number of nitrogens with zero attached hydrogens (tertiary/aromatic N) is 3. The number of rotatable bonds is 6. The molecule has 0 atom stereocenters. The summed E-state index contributed by atoms with van der Waals surface area (Å²) in [5.41, 5.74) is 1.74. The molecule has 34 heavy (non-hydrogen) atoms. The van der Waals surface area contributed by atoms with E-state index in [1.165, 1.54) is 19.4 Å². The number of piperidine rings is 1. The molecule has 1 aliphatic heterocycles. The summed E-state index contributed by atoms with van der Waals surface area (Å²) in [5.74, 6) is -0.789. The number of pyridine rings is 1. The van der Waals surface area contributed by atoms with Crippen LogP contribution >= 0.6 is 23.2 Å². The fraction of sp³-hybridized carbons (Fsp3) is 0.304. The molecule has 0 unspecified atom stereocenters. The molecule has 0 bridgehead atoms. The third kappa shape index (κ3) is 5.15. The van der Waals surface area contributed by atoms with Gasteiger partial charge >= 0.3 is 0 Å². The number of carbonyl (C=O) groups is 2. The Labute approximate surface area is 205 Å². The Morgan fingerprint density at radius 2 is 2.00 bits per heavy atom. The predicted molar refractivity (Wildman–Crippen MR) is 125 cm³/mol. The molecule has 1 aromatic carbocycles. The molecule has 3 heterocycles. The number of aromatic amines is 1. The zero-order valence-corrected chi connectivity index (χ0v) is 19.8. The molecule has 4 rings (SSSR count). The number of benzene rings is 1. The van der Waals surface area contributed by atoms with Crippen molar-refractivity contribution in [2.24, 2.45) is 5.92 Å². The first-order chi connectivity index (χ1) is 16.4. The minimum absolute atomic E-state index is 0.0193. The number of hydrogen-bond donors (Lipinski definition) is 2. The molecule has 0 spiro atoms. The van der Waals surface area contributed by atoms with Crippen LogP contribution in [-0.2, 0) is 11.3 Å². The van der Waals surface area contributed by atoms with Gasteiger partial charge in [0.2, 0.25) is 11.8 Å². The highest BCUT2D eigenvalue weighted by Gasteiger charge is 2.29. The second-order valence-corrected chi connectivity index (χ2v) is 8.68. The summed E-state index contributed by atoms with van der Waals surface area (Å²) < 4.78 is 19.1. The third-order valence-corrected chi connectivity index (χ3v) is 6.35. The number of carbonyl (C=O) groups excluding carboxylic acids is 2. The lowest BCUT2D eigenvalue weighted by molar-refractivity contribution is -0.126. The van der Waals surface area contributed by atoms with Crippen molar-refractivity contribution in [2.75, 3.05) is 20.2 Å². The van der Waals surface area contributed by atoms with Gasteiger partial charge in [0, 0.05) is 42.7 Å². The van der Waals surface area contributed by atoms with Gasteiger partial charge in [0.15, 0.2) is 0 Å². The zero-order valence-electron chi connectivity index (χ0n) is 18.3. The smallest absolute Gasteiger partial charge is 0.271 e. The summed E-state index contributed by atoms with van der Waals surface area (Å²) >= 11 is 12.0. The fourth-order valence-electron chi connectivity index (χ4n) is 3.82. The number of halogens is 3. The first kappa shape index (κ1) is 24.0. The normalized spacial score (nSPS) is 14.2. The number of hydrogen-bond acceptors (Lipinski definition) is 5. The maximum absolute atomic E-state index is 14.0. The molecule has 1 aliphatic rings. The first-order valence-electron chi connectivity index (χ1n) is 10.6. The van der Waals surface area contributed by atoms with Crippen molar-refractivity contribution in [1.82, 2.24) is 25.4 Å². The summed E-state index contributed by atoms with van der Waals surface area (Å²) in [7, 11) is 1.50. The highest BCUT2D eigenvalue weighted by atomic mass is 35.5. The first-order valence-corrected chi connectivity index (χ1v) is 11.4. The van der Waals surface area contributed by atoms with Gasteiger partial charge in [0.1, 0.15) is 11.5 Å². The van der Waals surface area contributed by atoms with Gasteiger partial charge in [-0.1, -0.05) is 35.3 Å². The molecule has 2 N–H and O–H groups in total. The molecular formula is C23H22Cl2FN5O3. The lowest BCUT2D eigenvalue weighted by Crippen LogP contribution is -2.43. The van der Waals surface area contributed by atoms with Gasteiger partial charge in [-0.3, -0.25) is 14.7 Å². The third-order valence-electron chi connectivity index (χ3n) is 5.76. The Morgan fingerprint density at radius 3 is 2.74 bits per heavy atom. The van der Waals surface area contributed by atoms with E-state index in [0.29, 0.717) is 59.3 Å². The zero-order chi connectivity index (χ0) is 24.2. The fourth-order valence-corrected chi connectivity index (χ4v) is 4.22. The van der Waals surface area contributed by atoms with Crippen LogP contribution < -0.4 is 10.1 Å². The molecule has 0 aliphatic carbocycles. The largest absolute Gasteiger partial charge is 0.481 e. The Bertz CT molecular complexity index is 1210. The molecule has 1 saturated heterocycles. The summed E-state index contributed by atoms with van der Waals surface area (Å²) in [6.07, 6.45) is 2.47. The van der Waals surface area contributed by atoms with Crippen LogP contribution in [-0.4, -0.2) is 52.1 Å². The van der Waals surface area contributed by atoms with Crippen LogP contribution in [0.4, 0.5) is 4.39 Å². The molecular weight excluding hydrogens is 484 g/mol. The topological polar surface area (TPSA) is 100 Å². The van der Waals surface area contributed by atoms with Crippen molar-refractivity contribution in [3.8, 4) is 17.1 Å².